The molecule has 4 rings (SSSR count). The summed E-state index contributed by atoms with van der Waals surface area (Å²) in [4.78, 5) is 34.6. The van der Waals surface area contributed by atoms with Crippen LogP contribution in [0.4, 0.5) is 9.59 Å². The third kappa shape index (κ3) is 5.03. The number of rotatable bonds is 3. The highest BCUT2D eigenvalue weighted by Gasteiger charge is 2.45. The zero-order valence-corrected chi connectivity index (χ0v) is 20.0. The van der Waals surface area contributed by atoms with Gasteiger partial charge in [-0.3, -0.25) is 0 Å². The summed E-state index contributed by atoms with van der Waals surface area (Å²) >= 11 is 0. The summed E-state index contributed by atoms with van der Waals surface area (Å²) in [5.41, 5.74) is 0.706. The Morgan fingerprint density at radius 2 is 1.53 bits per heavy atom. The predicted octanol–water partition coefficient (Wildman–Crippen LogP) is 3.96. The summed E-state index contributed by atoms with van der Waals surface area (Å²) in [6, 6.07) is 11.1. The van der Waals surface area contributed by atoms with E-state index >= 15 is 0 Å². The number of hydrogen-bond donors (Lipinski definition) is 0. The molecule has 3 amide bonds. The van der Waals surface area contributed by atoms with Gasteiger partial charge in [-0.05, 0) is 72.2 Å². The predicted molar refractivity (Wildman–Crippen MR) is 124 cm³/mol. The number of urea groups is 1. The van der Waals surface area contributed by atoms with Gasteiger partial charge in [0.1, 0.15) is 5.60 Å². The van der Waals surface area contributed by atoms with Crippen LogP contribution in [0.15, 0.2) is 30.3 Å². The first-order chi connectivity index (χ1) is 15.2. The summed E-state index contributed by atoms with van der Waals surface area (Å²) in [5.74, 6) is 0. The van der Waals surface area contributed by atoms with Crippen molar-refractivity contribution in [2.75, 3.05) is 39.8 Å². The van der Waals surface area contributed by atoms with E-state index in [0.29, 0.717) is 19.1 Å². The molecule has 1 aromatic carbocycles. The number of piperidine rings is 2. The number of hydrogen-bond acceptors (Lipinski definition) is 4. The van der Waals surface area contributed by atoms with Crippen LogP contribution in [-0.4, -0.2) is 89.2 Å². The molecule has 3 saturated heterocycles. The summed E-state index contributed by atoms with van der Waals surface area (Å²) in [6.07, 6.45) is 3.39. The first-order valence-corrected chi connectivity index (χ1v) is 12.0. The van der Waals surface area contributed by atoms with Crippen molar-refractivity contribution < 1.29 is 14.3 Å². The minimum Gasteiger partial charge on any atom is -0.444 e. The molecular formula is C25H38N4O3. The van der Waals surface area contributed by atoms with Gasteiger partial charge in [0.25, 0.3) is 0 Å². The molecule has 0 unspecified atom stereocenters. The van der Waals surface area contributed by atoms with Gasteiger partial charge in [0.2, 0.25) is 0 Å². The number of ether oxygens (including phenoxy) is 1. The number of likely N-dealkylation sites (tertiary alicyclic amines) is 2. The van der Waals surface area contributed by atoms with Crippen LogP contribution in [0.25, 0.3) is 0 Å². The van der Waals surface area contributed by atoms with E-state index in [1.165, 1.54) is 5.56 Å². The van der Waals surface area contributed by atoms with E-state index in [1.54, 1.807) is 4.90 Å². The van der Waals surface area contributed by atoms with Crippen molar-refractivity contribution in [2.24, 2.45) is 0 Å². The third-order valence-electron chi connectivity index (χ3n) is 6.99. The second kappa shape index (κ2) is 9.30. The molecule has 7 nitrogen and oxygen atoms in total. The maximum Gasteiger partial charge on any atom is 0.410 e. The molecule has 0 radical (unpaired) electrons. The molecule has 1 atom stereocenters. The van der Waals surface area contributed by atoms with Crippen LogP contribution < -0.4 is 0 Å². The van der Waals surface area contributed by atoms with Gasteiger partial charge >= 0.3 is 12.1 Å². The van der Waals surface area contributed by atoms with E-state index < -0.39 is 5.60 Å². The highest BCUT2D eigenvalue weighted by Crippen LogP contribution is 2.37. The van der Waals surface area contributed by atoms with Gasteiger partial charge < -0.3 is 24.3 Å². The SMILES string of the molecule is CN1CCC(N2C[C@@H](c3ccccc3)N(C3CCN(C(=O)OC(C)(C)C)CC3)C2=O)CC1. The monoisotopic (exact) mass is 442 g/mol. The Kier molecular flexibility index (Phi) is 6.65. The average molecular weight is 443 g/mol. The van der Waals surface area contributed by atoms with Gasteiger partial charge in [-0.1, -0.05) is 30.3 Å². The molecule has 0 aliphatic carbocycles. The Labute approximate surface area is 192 Å². The fraction of sp³-hybridized carbons (Fsp3) is 0.680. The Morgan fingerprint density at radius 1 is 0.938 bits per heavy atom. The first kappa shape index (κ1) is 22.9. The summed E-state index contributed by atoms with van der Waals surface area (Å²) in [6.45, 7) is 9.76. The molecule has 3 fully saturated rings. The average Bonchev–Trinajstić information content (AvgIpc) is 3.11. The van der Waals surface area contributed by atoms with E-state index in [4.69, 9.17) is 4.74 Å². The molecule has 32 heavy (non-hydrogen) atoms. The van der Waals surface area contributed by atoms with Gasteiger partial charge in [0, 0.05) is 31.7 Å². The third-order valence-corrected chi connectivity index (χ3v) is 6.99. The zero-order valence-electron chi connectivity index (χ0n) is 20.0. The molecule has 0 aromatic heterocycles. The fourth-order valence-electron chi connectivity index (χ4n) is 5.25. The second-order valence-electron chi connectivity index (χ2n) is 10.5. The second-order valence-corrected chi connectivity index (χ2v) is 10.5. The largest absolute Gasteiger partial charge is 0.444 e. The molecule has 176 valence electrons. The maximum atomic E-state index is 13.7. The Hall–Kier alpha value is -2.28. The van der Waals surface area contributed by atoms with Crippen molar-refractivity contribution in [3.63, 3.8) is 0 Å². The van der Waals surface area contributed by atoms with Crippen LogP contribution in [0.3, 0.4) is 0 Å². The number of benzene rings is 1. The highest BCUT2D eigenvalue weighted by molar-refractivity contribution is 5.78. The minimum atomic E-state index is -0.494. The molecule has 0 saturated carbocycles. The van der Waals surface area contributed by atoms with Gasteiger partial charge in [0.15, 0.2) is 0 Å². The maximum absolute atomic E-state index is 13.7. The number of carbonyl (C=O) groups is 2. The van der Waals surface area contributed by atoms with Crippen molar-refractivity contribution in [2.45, 2.75) is 70.2 Å². The van der Waals surface area contributed by atoms with Crippen LogP contribution in [0.2, 0.25) is 0 Å². The van der Waals surface area contributed by atoms with E-state index in [0.717, 1.165) is 45.3 Å². The molecule has 0 N–H and O–H groups in total. The summed E-state index contributed by atoms with van der Waals surface area (Å²) < 4.78 is 5.55. The number of nitrogens with zero attached hydrogens (tertiary/aromatic N) is 4. The van der Waals surface area contributed by atoms with E-state index in [9.17, 15) is 9.59 Å². The lowest BCUT2D eigenvalue weighted by Gasteiger charge is -2.39. The summed E-state index contributed by atoms with van der Waals surface area (Å²) in [7, 11) is 2.15. The lowest BCUT2D eigenvalue weighted by atomic mass is 9.99. The van der Waals surface area contributed by atoms with Gasteiger partial charge in [0.05, 0.1) is 6.04 Å². The lowest BCUT2D eigenvalue weighted by molar-refractivity contribution is 0.0157. The van der Waals surface area contributed by atoms with Gasteiger partial charge in [-0.25, -0.2) is 9.59 Å². The fourth-order valence-corrected chi connectivity index (χ4v) is 5.25. The number of carbonyl (C=O) groups excluding carboxylic acids is 2. The van der Waals surface area contributed by atoms with Gasteiger partial charge in [-0.2, -0.15) is 0 Å². The molecule has 1 aromatic rings. The topological polar surface area (TPSA) is 56.3 Å². The standard InChI is InChI=1S/C25H38N4O3/c1-25(2,3)32-24(31)27-16-12-21(13-17-27)29-22(19-8-6-5-7-9-19)18-28(23(29)30)20-10-14-26(4)15-11-20/h5-9,20-22H,10-18H2,1-4H3/t22-/m0/s1. The first-order valence-electron chi connectivity index (χ1n) is 12.0. The molecule has 3 heterocycles. The van der Waals surface area contributed by atoms with E-state index in [2.05, 4.69) is 46.0 Å². The van der Waals surface area contributed by atoms with E-state index in [1.807, 2.05) is 26.8 Å². The molecule has 0 bridgehead atoms. The molecule has 3 aliphatic rings. The number of amides is 3. The zero-order chi connectivity index (χ0) is 22.9. The summed E-state index contributed by atoms with van der Waals surface area (Å²) in [5, 5.41) is 0. The lowest BCUT2D eigenvalue weighted by Crippen LogP contribution is -2.50. The van der Waals surface area contributed by atoms with Crippen molar-refractivity contribution in [1.82, 2.24) is 19.6 Å². The minimum absolute atomic E-state index is 0.0708. The molecule has 3 aliphatic heterocycles. The normalized spacial score (nSPS) is 24.3. The van der Waals surface area contributed by atoms with Crippen LogP contribution in [0, 0.1) is 0 Å². The van der Waals surface area contributed by atoms with Crippen LogP contribution >= 0.6 is 0 Å². The molecular weight excluding hydrogens is 404 g/mol. The smallest absolute Gasteiger partial charge is 0.410 e. The van der Waals surface area contributed by atoms with Crippen LogP contribution in [0.1, 0.15) is 58.1 Å². The van der Waals surface area contributed by atoms with Crippen molar-refractivity contribution in [3.05, 3.63) is 35.9 Å². The molecule has 0 spiro atoms. The van der Waals surface area contributed by atoms with Crippen molar-refractivity contribution in [1.29, 1.82) is 0 Å². The van der Waals surface area contributed by atoms with Crippen LogP contribution in [-0.2, 0) is 4.74 Å². The molecule has 7 heteroatoms. The Morgan fingerprint density at radius 3 is 2.12 bits per heavy atom. The van der Waals surface area contributed by atoms with E-state index in [-0.39, 0.29) is 24.2 Å². The van der Waals surface area contributed by atoms with Crippen molar-refractivity contribution in [3.8, 4) is 0 Å². The van der Waals surface area contributed by atoms with Crippen LogP contribution in [0.5, 0.6) is 0 Å². The Balaban J connectivity index is 1.48. The van der Waals surface area contributed by atoms with Crippen molar-refractivity contribution >= 4 is 12.1 Å². The Bertz CT molecular complexity index is 793. The quantitative estimate of drug-likeness (QED) is 0.711. The highest BCUT2D eigenvalue weighted by atomic mass is 16.6. The van der Waals surface area contributed by atoms with Gasteiger partial charge in [-0.15, -0.1) is 0 Å².